The van der Waals surface area contributed by atoms with Crippen molar-refractivity contribution in [2.24, 2.45) is 10.2 Å². The van der Waals surface area contributed by atoms with Crippen LogP contribution in [0.4, 0.5) is 11.5 Å². The minimum atomic E-state index is -4.62. The molecule has 13 heteroatoms. The Labute approximate surface area is 233 Å². The Kier molecular flexibility index (Phi) is 6.23. The van der Waals surface area contributed by atoms with Crippen molar-refractivity contribution < 1.29 is 31.0 Å². The van der Waals surface area contributed by atoms with Crippen LogP contribution >= 0.6 is 0 Å². The summed E-state index contributed by atoms with van der Waals surface area (Å²) in [7, 11) is -9.23. The summed E-state index contributed by atoms with van der Waals surface area (Å²) in [5.41, 5.74) is 1.09. The van der Waals surface area contributed by atoms with E-state index in [9.17, 15) is 31.0 Å². The number of hydrogen-bond acceptors (Lipinski definition) is 9. The van der Waals surface area contributed by atoms with Crippen molar-refractivity contribution >= 4 is 64.2 Å². The van der Waals surface area contributed by atoms with Gasteiger partial charge in [-0.2, -0.15) is 16.8 Å². The topological polar surface area (TPSA) is 179 Å². The Hall–Kier alpha value is -4.82. The highest BCUT2D eigenvalue weighted by atomic mass is 32.2. The van der Waals surface area contributed by atoms with E-state index in [-0.39, 0.29) is 22.3 Å². The third-order valence-corrected chi connectivity index (χ3v) is 8.16. The molecule has 6 rings (SSSR count). The Morgan fingerprint density at radius 2 is 1.17 bits per heavy atom. The van der Waals surface area contributed by atoms with Crippen molar-refractivity contribution in [1.29, 1.82) is 0 Å². The fourth-order valence-corrected chi connectivity index (χ4v) is 5.55. The maximum Gasteiger partial charge on any atom is 0.294 e. The number of benzene rings is 5. The molecule has 41 heavy (non-hydrogen) atoms. The monoisotopic (exact) mass is 586 g/mol. The number of fused-ring (bicyclic) bond motifs is 4. The molecule has 204 valence electrons. The molecule has 11 nitrogen and oxygen atoms in total. The predicted octanol–water partition coefficient (Wildman–Crippen LogP) is 6.22. The van der Waals surface area contributed by atoms with Gasteiger partial charge in [-0.3, -0.25) is 9.11 Å². The SMILES string of the molecule is O=S(=O)(O)c1ccc2c(c1)c(O)c(N=Nc1nc(-c3ccccc3)nc3ccccc13)c1cc(S(=O)(=O)O)ccc12. The van der Waals surface area contributed by atoms with E-state index < -0.39 is 35.8 Å². The van der Waals surface area contributed by atoms with Crippen molar-refractivity contribution in [2.45, 2.75) is 9.79 Å². The second-order valence-corrected chi connectivity index (χ2v) is 11.9. The zero-order valence-electron chi connectivity index (χ0n) is 20.7. The molecule has 0 aliphatic rings. The van der Waals surface area contributed by atoms with Gasteiger partial charge in [0, 0.05) is 21.7 Å². The van der Waals surface area contributed by atoms with Crippen molar-refractivity contribution in [3.05, 3.63) is 91.0 Å². The Balaban J connectivity index is 1.65. The van der Waals surface area contributed by atoms with Gasteiger partial charge in [0.1, 0.15) is 5.69 Å². The van der Waals surface area contributed by atoms with E-state index in [1.54, 1.807) is 24.3 Å². The molecule has 0 fully saturated rings. The van der Waals surface area contributed by atoms with E-state index in [0.29, 0.717) is 27.5 Å². The molecule has 0 bridgehead atoms. The quantitative estimate of drug-likeness (QED) is 0.120. The molecular weight excluding hydrogens is 568 g/mol. The summed E-state index contributed by atoms with van der Waals surface area (Å²) in [5, 5.41) is 21.2. The first-order chi connectivity index (χ1) is 19.5. The fraction of sp³-hybridized carbons (Fsp3) is 0. The maximum atomic E-state index is 11.9. The van der Waals surface area contributed by atoms with Crippen LogP contribution in [0, 0.1) is 0 Å². The van der Waals surface area contributed by atoms with Crippen molar-refractivity contribution in [3.8, 4) is 17.1 Å². The van der Waals surface area contributed by atoms with E-state index >= 15 is 0 Å². The molecule has 1 heterocycles. The predicted molar refractivity (Wildman–Crippen MR) is 152 cm³/mol. The first kappa shape index (κ1) is 26.4. The lowest BCUT2D eigenvalue weighted by atomic mass is 9.99. The van der Waals surface area contributed by atoms with Crippen molar-refractivity contribution in [2.75, 3.05) is 0 Å². The number of azo groups is 1. The van der Waals surface area contributed by atoms with Gasteiger partial charge in [0.2, 0.25) is 0 Å². The molecule has 0 saturated carbocycles. The molecule has 0 radical (unpaired) electrons. The molecule has 0 unspecified atom stereocenters. The van der Waals surface area contributed by atoms with Crippen LogP contribution in [-0.2, 0) is 20.2 Å². The fourth-order valence-electron chi connectivity index (χ4n) is 4.54. The number of phenolic OH excluding ortho intramolecular Hbond substituents is 1. The lowest BCUT2D eigenvalue weighted by Gasteiger charge is -2.12. The van der Waals surface area contributed by atoms with E-state index in [1.807, 2.05) is 30.3 Å². The second-order valence-electron chi connectivity index (χ2n) is 9.02. The summed E-state index contributed by atoms with van der Waals surface area (Å²) in [6.45, 7) is 0. The first-order valence-electron chi connectivity index (χ1n) is 11.9. The zero-order chi connectivity index (χ0) is 28.9. The molecule has 1 aromatic heterocycles. The van der Waals surface area contributed by atoms with Gasteiger partial charge in [-0.1, -0.05) is 54.6 Å². The van der Waals surface area contributed by atoms with Gasteiger partial charge in [-0.15, -0.1) is 10.2 Å². The lowest BCUT2D eigenvalue weighted by Crippen LogP contribution is -1.99. The number of aromatic nitrogens is 2. The normalized spacial score (nSPS) is 12.5. The molecule has 6 aromatic rings. The summed E-state index contributed by atoms with van der Waals surface area (Å²) in [4.78, 5) is 8.25. The summed E-state index contributed by atoms with van der Waals surface area (Å²) in [6.07, 6.45) is 0. The number of hydrogen-bond donors (Lipinski definition) is 3. The minimum absolute atomic E-state index is 0.0127. The molecule has 0 aliphatic heterocycles. The molecular formula is C28H18N4O7S2. The molecule has 0 spiro atoms. The molecule has 0 saturated heterocycles. The summed E-state index contributed by atoms with van der Waals surface area (Å²) >= 11 is 0. The summed E-state index contributed by atoms with van der Waals surface area (Å²) < 4.78 is 66.6. The molecule has 5 aromatic carbocycles. The van der Waals surface area contributed by atoms with Crippen LogP contribution in [0.25, 0.3) is 43.8 Å². The second kappa shape index (κ2) is 9.67. The summed E-state index contributed by atoms with van der Waals surface area (Å²) in [5.74, 6) is -0.00657. The van der Waals surface area contributed by atoms with Crippen LogP contribution in [0.1, 0.15) is 0 Å². The van der Waals surface area contributed by atoms with Crippen molar-refractivity contribution in [1.82, 2.24) is 9.97 Å². The first-order valence-corrected chi connectivity index (χ1v) is 14.8. The van der Waals surface area contributed by atoms with Crippen LogP contribution in [0.3, 0.4) is 0 Å². The number of nitrogens with zero attached hydrogens (tertiary/aromatic N) is 4. The molecule has 3 N–H and O–H groups in total. The average Bonchev–Trinajstić information content (AvgIpc) is 2.96. The number of aromatic hydroxyl groups is 1. The highest BCUT2D eigenvalue weighted by Crippen LogP contribution is 2.45. The highest BCUT2D eigenvalue weighted by molar-refractivity contribution is 7.86. The number of rotatable bonds is 5. The van der Waals surface area contributed by atoms with Gasteiger partial charge in [0.15, 0.2) is 17.4 Å². The van der Waals surface area contributed by atoms with Gasteiger partial charge in [-0.05, 0) is 47.2 Å². The Morgan fingerprint density at radius 3 is 1.83 bits per heavy atom. The third-order valence-electron chi connectivity index (χ3n) is 6.46. The van der Waals surface area contributed by atoms with Crippen molar-refractivity contribution in [3.63, 3.8) is 0 Å². The standard InChI is InChI=1S/C28H18N4O7S2/c33-26-23-15-18(41(37,38)39)11-13-20(23)19-12-10-17(40(34,35)36)14-22(19)25(26)31-32-28-21-8-4-5-9-24(21)29-27(30-28)16-6-2-1-3-7-16/h1-15,33H,(H,34,35,36)(H,37,38,39). The van der Waals surface area contributed by atoms with E-state index in [0.717, 1.165) is 29.8 Å². The highest BCUT2D eigenvalue weighted by Gasteiger charge is 2.20. The van der Waals surface area contributed by atoms with E-state index in [2.05, 4.69) is 20.2 Å². The largest absolute Gasteiger partial charge is 0.505 e. The smallest absolute Gasteiger partial charge is 0.294 e. The van der Waals surface area contributed by atoms with Crippen LogP contribution in [0.5, 0.6) is 5.75 Å². The molecule has 0 amide bonds. The van der Waals surface area contributed by atoms with Crippen LogP contribution in [-0.4, -0.2) is 41.0 Å². The van der Waals surface area contributed by atoms with Gasteiger partial charge >= 0.3 is 0 Å². The molecule has 0 atom stereocenters. The Bertz CT molecular complexity index is 2270. The van der Waals surface area contributed by atoms with Gasteiger partial charge in [0.05, 0.1) is 15.3 Å². The van der Waals surface area contributed by atoms with Gasteiger partial charge in [-0.25, -0.2) is 9.97 Å². The lowest BCUT2D eigenvalue weighted by molar-refractivity contribution is 0.479. The van der Waals surface area contributed by atoms with Crippen LogP contribution in [0.2, 0.25) is 0 Å². The number of para-hydroxylation sites is 1. The number of phenols is 1. The summed E-state index contributed by atoms with van der Waals surface area (Å²) in [6, 6.07) is 23.5. The van der Waals surface area contributed by atoms with E-state index in [4.69, 9.17) is 0 Å². The van der Waals surface area contributed by atoms with Gasteiger partial charge < -0.3 is 5.11 Å². The van der Waals surface area contributed by atoms with Crippen LogP contribution < -0.4 is 0 Å². The zero-order valence-corrected chi connectivity index (χ0v) is 22.4. The van der Waals surface area contributed by atoms with E-state index in [1.165, 1.54) is 12.1 Å². The minimum Gasteiger partial charge on any atom is -0.505 e. The average molecular weight is 587 g/mol. The molecule has 0 aliphatic carbocycles. The maximum absolute atomic E-state index is 11.9. The Morgan fingerprint density at radius 1 is 0.585 bits per heavy atom. The van der Waals surface area contributed by atoms with Crippen LogP contribution in [0.15, 0.2) is 111 Å². The van der Waals surface area contributed by atoms with Gasteiger partial charge in [0.25, 0.3) is 20.2 Å². The third kappa shape index (κ3) is 4.87.